The number of hydrogen-bond donors (Lipinski definition) is 1. The van der Waals surface area contributed by atoms with Crippen molar-refractivity contribution >= 4 is 27.4 Å². The SMILES string of the molecule is CCc1cc2c(N3CC4CNCC4C3C)ncnc2s1. The van der Waals surface area contributed by atoms with E-state index in [9.17, 15) is 0 Å². The highest BCUT2D eigenvalue weighted by Gasteiger charge is 2.42. The van der Waals surface area contributed by atoms with Gasteiger partial charge in [0, 0.05) is 30.6 Å². The molecule has 2 fully saturated rings. The molecule has 0 amide bonds. The molecule has 2 aliphatic rings. The van der Waals surface area contributed by atoms with Crippen LogP contribution >= 0.6 is 11.3 Å². The van der Waals surface area contributed by atoms with E-state index in [2.05, 4.69) is 40.1 Å². The van der Waals surface area contributed by atoms with Crippen molar-refractivity contribution in [3.8, 4) is 0 Å². The molecule has 2 aromatic heterocycles. The van der Waals surface area contributed by atoms with Crippen molar-refractivity contribution in [2.75, 3.05) is 24.5 Å². The first-order valence-electron chi connectivity index (χ1n) is 7.48. The lowest BCUT2D eigenvalue weighted by atomic mass is 9.95. The van der Waals surface area contributed by atoms with Crippen molar-refractivity contribution in [2.24, 2.45) is 11.8 Å². The van der Waals surface area contributed by atoms with Gasteiger partial charge in [-0.15, -0.1) is 11.3 Å². The van der Waals surface area contributed by atoms with Crippen molar-refractivity contribution in [3.63, 3.8) is 0 Å². The highest BCUT2D eigenvalue weighted by atomic mass is 32.1. The second kappa shape index (κ2) is 4.67. The van der Waals surface area contributed by atoms with Crippen LogP contribution in [-0.4, -0.2) is 35.6 Å². The number of aromatic nitrogens is 2. The van der Waals surface area contributed by atoms with E-state index in [0.29, 0.717) is 6.04 Å². The molecule has 0 aliphatic carbocycles. The number of nitrogens with zero attached hydrogens (tertiary/aromatic N) is 3. The molecule has 5 heteroatoms. The fraction of sp³-hybridized carbons (Fsp3) is 0.600. The number of nitrogens with one attached hydrogen (secondary N) is 1. The monoisotopic (exact) mass is 288 g/mol. The molecule has 1 N–H and O–H groups in total. The Morgan fingerprint density at radius 3 is 3.10 bits per heavy atom. The van der Waals surface area contributed by atoms with E-state index in [0.717, 1.165) is 48.5 Å². The molecule has 0 bridgehead atoms. The molecule has 4 rings (SSSR count). The first-order valence-corrected chi connectivity index (χ1v) is 8.30. The molecule has 2 saturated heterocycles. The lowest BCUT2D eigenvalue weighted by Crippen LogP contribution is -2.33. The van der Waals surface area contributed by atoms with E-state index >= 15 is 0 Å². The summed E-state index contributed by atoms with van der Waals surface area (Å²) >= 11 is 1.80. The van der Waals surface area contributed by atoms with E-state index in [1.54, 1.807) is 17.7 Å². The van der Waals surface area contributed by atoms with Crippen molar-refractivity contribution < 1.29 is 0 Å². The highest BCUT2D eigenvalue weighted by Crippen LogP contribution is 2.38. The summed E-state index contributed by atoms with van der Waals surface area (Å²) in [6.07, 6.45) is 2.80. The molecule has 3 atom stereocenters. The Morgan fingerprint density at radius 1 is 1.40 bits per heavy atom. The van der Waals surface area contributed by atoms with Crippen LogP contribution in [0.5, 0.6) is 0 Å². The third kappa shape index (κ3) is 1.76. The third-order valence-corrected chi connectivity index (χ3v) is 6.10. The fourth-order valence-electron chi connectivity index (χ4n) is 3.74. The van der Waals surface area contributed by atoms with Gasteiger partial charge in [0.15, 0.2) is 0 Å². The number of rotatable bonds is 2. The quantitative estimate of drug-likeness (QED) is 0.920. The molecule has 4 nitrogen and oxygen atoms in total. The van der Waals surface area contributed by atoms with Crippen LogP contribution in [0.2, 0.25) is 0 Å². The Kier molecular flexibility index (Phi) is 2.93. The summed E-state index contributed by atoms with van der Waals surface area (Å²) in [5.41, 5.74) is 0. The van der Waals surface area contributed by atoms with Crippen LogP contribution in [0.4, 0.5) is 5.82 Å². The predicted octanol–water partition coefficient (Wildman–Crippen LogP) is 2.30. The molecule has 106 valence electrons. The molecule has 2 aliphatic heterocycles. The molecule has 3 unspecified atom stereocenters. The predicted molar refractivity (Wildman–Crippen MR) is 83.5 cm³/mol. The normalized spacial score (nSPS) is 29.3. The summed E-state index contributed by atoms with van der Waals surface area (Å²) in [5.74, 6) is 2.69. The van der Waals surface area contributed by atoms with Gasteiger partial charge in [0.2, 0.25) is 0 Å². The van der Waals surface area contributed by atoms with Crippen LogP contribution in [0.15, 0.2) is 12.4 Å². The van der Waals surface area contributed by atoms with Crippen LogP contribution in [0, 0.1) is 11.8 Å². The van der Waals surface area contributed by atoms with Gasteiger partial charge in [0.25, 0.3) is 0 Å². The van der Waals surface area contributed by atoms with Gasteiger partial charge in [-0.3, -0.25) is 0 Å². The molecule has 0 radical (unpaired) electrons. The smallest absolute Gasteiger partial charge is 0.141 e. The minimum Gasteiger partial charge on any atom is -0.353 e. The molecule has 0 saturated carbocycles. The Balaban J connectivity index is 1.77. The van der Waals surface area contributed by atoms with Crippen LogP contribution < -0.4 is 10.2 Å². The minimum absolute atomic E-state index is 0.568. The average molecular weight is 288 g/mol. The molecule has 0 spiro atoms. The second-order valence-corrected chi connectivity index (χ2v) is 7.07. The molecule has 4 heterocycles. The number of fused-ring (bicyclic) bond motifs is 2. The number of anilines is 1. The van der Waals surface area contributed by atoms with Crippen molar-refractivity contribution in [1.29, 1.82) is 0 Å². The van der Waals surface area contributed by atoms with E-state index in [4.69, 9.17) is 0 Å². The number of thiophene rings is 1. The average Bonchev–Trinajstić information content (AvgIpc) is 3.14. The molecule has 20 heavy (non-hydrogen) atoms. The standard InChI is InChI=1S/C15H20N4S/c1-3-11-4-12-14(17-8-18-15(12)20-11)19-7-10-5-16-6-13(10)9(19)2/h4,8-10,13,16H,3,5-7H2,1-2H3. The lowest BCUT2D eigenvalue weighted by Gasteiger charge is -2.25. The summed E-state index contributed by atoms with van der Waals surface area (Å²) < 4.78 is 0. The van der Waals surface area contributed by atoms with E-state index < -0.39 is 0 Å². The number of hydrogen-bond acceptors (Lipinski definition) is 5. The first-order chi connectivity index (χ1) is 9.78. The van der Waals surface area contributed by atoms with Crippen molar-refractivity contribution in [2.45, 2.75) is 26.3 Å². The number of aryl methyl sites for hydroxylation is 1. The summed E-state index contributed by atoms with van der Waals surface area (Å²) in [6, 6.07) is 2.85. The van der Waals surface area contributed by atoms with E-state index in [-0.39, 0.29) is 0 Å². The van der Waals surface area contributed by atoms with E-state index in [1.807, 2.05) is 0 Å². The Labute approximate surface area is 123 Å². The highest BCUT2D eigenvalue weighted by molar-refractivity contribution is 7.18. The summed E-state index contributed by atoms with van der Waals surface area (Å²) in [5, 5.41) is 4.76. The first kappa shape index (κ1) is 12.5. The summed E-state index contributed by atoms with van der Waals surface area (Å²) in [7, 11) is 0. The van der Waals surface area contributed by atoms with Crippen LogP contribution in [0.25, 0.3) is 10.2 Å². The second-order valence-electron chi connectivity index (χ2n) is 5.96. The Hall–Kier alpha value is -1.20. The third-order valence-electron chi connectivity index (χ3n) is 4.91. The molecule has 2 aromatic rings. The molecular weight excluding hydrogens is 268 g/mol. The van der Waals surface area contributed by atoms with Crippen molar-refractivity contribution in [1.82, 2.24) is 15.3 Å². The fourth-order valence-corrected chi connectivity index (χ4v) is 4.67. The van der Waals surface area contributed by atoms with Gasteiger partial charge in [-0.05, 0) is 31.2 Å². The maximum absolute atomic E-state index is 4.62. The Morgan fingerprint density at radius 2 is 2.30 bits per heavy atom. The summed E-state index contributed by atoms with van der Waals surface area (Å²) in [4.78, 5) is 14.1. The van der Waals surface area contributed by atoms with Crippen LogP contribution in [0.1, 0.15) is 18.7 Å². The zero-order valence-corrected chi connectivity index (χ0v) is 12.8. The van der Waals surface area contributed by atoms with Gasteiger partial charge < -0.3 is 10.2 Å². The van der Waals surface area contributed by atoms with Gasteiger partial charge in [-0.25, -0.2) is 9.97 Å². The minimum atomic E-state index is 0.568. The maximum atomic E-state index is 4.62. The topological polar surface area (TPSA) is 41.0 Å². The van der Waals surface area contributed by atoms with Gasteiger partial charge in [0.05, 0.1) is 5.39 Å². The van der Waals surface area contributed by atoms with Gasteiger partial charge in [-0.1, -0.05) is 6.92 Å². The Bertz CT molecular complexity index is 638. The zero-order chi connectivity index (χ0) is 13.7. The van der Waals surface area contributed by atoms with Gasteiger partial charge in [-0.2, -0.15) is 0 Å². The van der Waals surface area contributed by atoms with Gasteiger partial charge >= 0.3 is 0 Å². The van der Waals surface area contributed by atoms with Crippen LogP contribution in [-0.2, 0) is 6.42 Å². The maximum Gasteiger partial charge on any atom is 0.141 e. The lowest BCUT2D eigenvalue weighted by molar-refractivity contribution is 0.471. The van der Waals surface area contributed by atoms with E-state index in [1.165, 1.54) is 10.3 Å². The van der Waals surface area contributed by atoms with Crippen molar-refractivity contribution in [3.05, 3.63) is 17.3 Å². The molecular formula is C15H20N4S. The van der Waals surface area contributed by atoms with Crippen LogP contribution in [0.3, 0.4) is 0 Å². The zero-order valence-electron chi connectivity index (χ0n) is 12.0. The largest absolute Gasteiger partial charge is 0.353 e. The molecule has 0 aromatic carbocycles. The van der Waals surface area contributed by atoms with Gasteiger partial charge in [0.1, 0.15) is 17.0 Å². The summed E-state index contributed by atoms with van der Waals surface area (Å²) in [6.45, 7) is 7.98.